The van der Waals surface area contributed by atoms with Gasteiger partial charge in [-0.25, -0.2) is 17.5 Å². The van der Waals surface area contributed by atoms with Gasteiger partial charge >= 0.3 is 0 Å². The highest BCUT2D eigenvalue weighted by atomic mass is 32.2. The Balaban J connectivity index is 1.46. The highest BCUT2D eigenvalue weighted by Gasteiger charge is 2.33. The SMILES string of the molecule is CC(C)(C)S(=O)(=O)NC1CCC(c2cc3c(F)cc(N4CCOCC4)cc3[nH]2)CC1. The van der Waals surface area contributed by atoms with E-state index in [4.69, 9.17) is 4.74 Å². The molecule has 1 saturated carbocycles. The number of aromatic amines is 1. The molecule has 1 aliphatic heterocycles. The Morgan fingerprint density at radius 3 is 2.40 bits per heavy atom. The fraction of sp³-hybridized carbons (Fsp3) is 0.636. The summed E-state index contributed by atoms with van der Waals surface area (Å²) >= 11 is 0. The van der Waals surface area contributed by atoms with E-state index in [0.29, 0.717) is 24.5 Å². The van der Waals surface area contributed by atoms with Crippen LogP contribution in [0.5, 0.6) is 0 Å². The van der Waals surface area contributed by atoms with Crippen molar-refractivity contribution < 1.29 is 17.5 Å². The number of sulfonamides is 1. The van der Waals surface area contributed by atoms with Crippen molar-refractivity contribution in [3.63, 3.8) is 0 Å². The zero-order valence-electron chi connectivity index (χ0n) is 18.0. The number of nitrogens with zero attached hydrogens (tertiary/aromatic N) is 1. The van der Waals surface area contributed by atoms with Crippen LogP contribution in [0.4, 0.5) is 10.1 Å². The maximum atomic E-state index is 14.8. The summed E-state index contributed by atoms with van der Waals surface area (Å²) in [5.74, 6) is 0.0853. The fourth-order valence-corrected chi connectivity index (χ4v) is 5.37. The van der Waals surface area contributed by atoms with Crippen LogP contribution in [-0.2, 0) is 14.8 Å². The molecule has 0 atom stereocenters. The quantitative estimate of drug-likeness (QED) is 0.761. The van der Waals surface area contributed by atoms with Gasteiger partial charge in [0.25, 0.3) is 0 Å². The molecule has 0 unspecified atom stereocenters. The van der Waals surface area contributed by atoms with Gasteiger partial charge in [-0.05, 0) is 70.6 Å². The van der Waals surface area contributed by atoms with Crippen LogP contribution < -0.4 is 9.62 Å². The molecule has 0 bridgehead atoms. The van der Waals surface area contributed by atoms with Crippen LogP contribution in [0.25, 0.3) is 10.9 Å². The normalized spacial score (nSPS) is 23.8. The number of rotatable bonds is 4. The van der Waals surface area contributed by atoms with Gasteiger partial charge in [-0.15, -0.1) is 0 Å². The Morgan fingerprint density at radius 1 is 1.10 bits per heavy atom. The Bertz CT molecular complexity index is 999. The van der Waals surface area contributed by atoms with Crippen LogP contribution in [0.3, 0.4) is 0 Å². The average molecular weight is 438 g/mol. The van der Waals surface area contributed by atoms with Crippen LogP contribution >= 0.6 is 0 Å². The van der Waals surface area contributed by atoms with Crippen molar-refractivity contribution >= 4 is 26.6 Å². The Labute approximate surface area is 178 Å². The van der Waals surface area contributed by atoms with Gasteiger partial charge in [-0.2, -0.15) is 0 Å². The molecule has 2 aliphatic rings. The van der Waals surface area contributed by atoms with E-state index in [1.165, 1.54) is 0 Å². The predicted octanol–water partition coefficient (Wildman–Crippen LogP) is 3.89. The molecule has 30 heavy (non-hydrogen) atoms. The Hall–Kier alpha value is -1.64. The molecule has 0 spiro atoms. The van der Waals surface area contributed by atoms with Crippen LogP contribution in [-0.4, -0.2) is 50.5 Å². The standard InChI is InChI=1S/C22H32FN3O3S/c1-22(2,3)30(27,28)25-16-6-4-15(5-7-16)20-14-18-19(23)12-17(13-21(18)24-20)26-8-10-29-11-9-26/h12-16,24-25H,4-11H2,1-3H3. The Morgan fingerprint density at radius 2 is 1.77 bits per heavy atom. The van der Waals surface area contributed by atoms with E-state index >= 15 is 0 Å². The van der Waals surface area contributed by atoms with Crippen LogP contribution in [0, 0.1) is 5.82 Å². The fourth-order valence-electron chi connectivity index (χ4n) is 4.34. The average Bonchev–Trinajstić information content (AvgIpc) is 3.13. The second kappa shape index (κ2) is 8.13. The Kier molecular flexibility index (Phi) is 5.85. The first-order valence-corrected chi connectivity index (χ1v) is 12.3. The van der Waals surface area contributed by atoms with E-state index < -0.39 is 14.8 Å². The van der Waals surface area contributed by atoms with E-state index in [1.54, 1.807) is 26.8 Å². The molecule has 8 heteroatoms. The summed E-state index contributed by atoms with van der Waals surface area (Å²) in [6.07, 6.45) is 3.33. The monoisotopic (exact) mass is 437 g/mol. The van der Waals surface area contributed by atoms with Gasteiger partial charge in [-0.1, -0.05) is 0 Å². The van der Waals surface area contributed by atoms with E-state index in [-0.39, 0.29) is 11.9 Å². The number of fused-ring (bicyclic) bond motifs is 1. The van der Waals surface area contributed by atoms with Gasteiger partial charge in [0.1, 0.15) is 5.82 Å². The van der Waals surface area contributed by atoms with Crippen molar-refractivity contribution in [3.8, 4) is 0 Å². The van der Waals surface area contributed by atoms with E-state index in [2.05, 4.69) is 14.6 Å². The van der Waals surface area contributed by atoms with Gasteiger partial charge in [0.05, 0.1) is 23.5 Å². The molecule has 1 saturated heterocycles. The van der Waals surface area contributed by atoms with Crippen molar-refractivity contribution in [2.75, 3.05) is 31.2 Å². The van der Waals surface area contributed by atoms with Gasteiger partial charge in [-0.3, -0.25) is 0 Å². The molecule has 1 aromatic carbocycles. The zero-order chi connectivity index (χ0) is 21.5. The summed E-state index contributed by atoms with van der Waals surface area (Å²) in [6, 6.07) is 5.54. The number of H-pyrrole nitrogens is 1. The number of benzene rings is 1. The molecular formula is C22H32FN3O3S. The molecule has 2 aromatic rings. The van der Waals surface area contributed by atoms with Crippen molar-refractivity contribution in [2.45, 2.75) is 63.2 Å². The number of aromatic nitrogens is 1. The van der Waals surface area contributed by atoms with E-state index in [1.807, 2.05) is 12.1 Å². The number of ether oxygens (including phenoxy) is 1. The second-order valence-electron chi connectivity index (χ2n) is 9.50. The molecular weight excluding hydrogens is 405 g/mol. The summed E-state index contributed by atoms with van der Waals surface area (Å²) < 4.78 is 47.1. The summed E-state index contributed by atoms with van der Waals surface area (Å²) in [7, 11) is -3.34. The van der Waals surface area contributed by atoms with Gasteiger partial charge in [0.15, 0.2) is 0 Å². The molecule has 2 fully saturated rings. The third-order valence-corrected chi connectivity index (χ3v) is 8.62. The van der Waals surface area contributed by atoms with Crippen molar-refractivity contribution in [2.24, 2.45) is 0 Å². The first-order chi connectivity index (χ1) is 14.1. The van der Waals surface area contributed by atoms with Crippen molar-refractivity contribution in [3.05, 3.63) is 29.7 Å². The predicted molar refractivity (Wildman–Crippen MR) is 118 cm³/mol. The zero-order valence-corrected chi connectivity index (χ0v) is 18.8. The first-order valence-electron chi connectivity index (χ1n) is 10.8. The smallest absolute Gasteiger partial charge is 0.216 e. The van der Waals surface area contributed by atoms with E-state index in [9.17, 15) is 12.8 Å². The number of hydrogen-bond acceptors (Lipinski definition) is 4. The maximum absolute atomic E-state index is 14.8. The largest absolute Gasteiger partial charge is 0.378 e. The lowest BCUT2D eigenvalue weighted by Crippen LogP contribution is -2.45. The molecule has 1 aliphatic carbocycles. The minimum Gasteiger partial charge on any atom is -0.378 e. The number of nitrogens with one attached hydrogen (secondary N) is 2. The molecule has 2 N–H and O–H groups in total. The lowest BCUT2D eigenvalue weighted by Gasteiger charge is -2.31. The van der Waals surface area contributed by atoms with Crippen LogP contribution in [0.1, 0.15) is 58.1 Å². The second-order valence-corrected chi connectivity index (χ2v) is 12.0. The lowest BCUT2D eigenvalue weighted by atomic mass is 9.84. The third kappa shape index (κ3) is 4.36. The molecule has 4 rings (SSSR count). The van der Waals surface area contributed by atoms with Gasteiger partial charge in [0, 0.05) is 35.9 Å². The minimum absolute atomic E-state index is 0.0282. The molecule has 0 amide bonds. The molecule has 1 aromatic heterocycles. The van der Waals surface area contributed by atoms with Crippen LogP contribution in [0.2, 0.25) is 0 Å². The van der Waals surface area contributed by atoms with Gasteiger partial charge < -0.3 is 14.6 Å². The molecule has 6 nitrogen and oxygen atoms in total. The molecule has 2 heterocycles. The number of halogens is 1. The number of hydrogen-bond donors (Lipinski definition) is 2. The van der Waals surface area contributed by atoms with Crippen molar-refractivity contribution in [1.29, 1.82) is 0 Å². The summed E-state index contributed by atoms with van der Waals surface area (Å²) in [4.78, 5) is 5.59. The summed E-state index contributed by atoms with van der Waals surface area (Å²) in [5.41, 5.74) is 2.75. The highest BCUT2D eigenvalue weighted by Crippen LogP contribution is 2.36. The maximum Gasteiger partial charge on any atom is 0.216 e. The van der Waals surface area contributed by atoms with Crippen LogP contribution in [0.15, 0.2) is 18.2 Å². The first kappa shape index (κ1) is 21.6. The molecule has 166 valence electrons. The highest BCUT2D eigenvalue weighted by molar-refractivity contribution is 7.90. The minimum atomic E-state index is -3.34. The topological polar surface area (TPSA) is 74.4 Å². The number of morpholine rings is 1. The lowest BCUT2D eigenvalue weighted by molar-refractivity contribution is 0.122. The summed E-state index contributed by atoms with van der Waals surface area (Å²) in [6.45, 7) is 8.01. The van der Waals surface area contributed by atoms with E-state index in [0.717, 1.165) is 55.7 Å². The van der Waals surface area contributed by atoms with Crippen molar-refractivity contribution in [1.82, 2.24) is 9.71 Å². The van der Waals surface area contributed by atoms with Gasteiger partial charge in [0.2, 0.25) is 10.0 Å². The summed E-state index contributed by atoms with van der Waals surface area (Å²) in [5, 5.41) is 0.623. The number of anilines is 1. The third-order valence-electron chi connectivity index (χ3n) is 6.36. The molecule has 0 radical (unpaired) electrons.